The molecule has 0 saturated heterocycles. The molecule has 2 aromatic heterocycles. The van der Waals surface area contributed by atoms with E-state index in [1.807, 2.05) is 41.8 Å². The number of Topliss-reactive ketones (excluding diaryl/α,β-unsaturated/α-hetero) is 1. The number of benzene rings is 3. The normalized spacial score (nSPS) is 11.1. The Hall–Kier alpha value is -4.10. The molecule has 0 unspecified atom stereocenters. The molecular formula is C26H19N3O3S. The van der Waals surface area contributed by atoms with Gasteiger partial charge in [-0.15, -0.1) is 11.3 Å². The fraction of sp³-hybridized carbons (Fsp3) is 0.0769. The summed E-state index contributed by atoms with van der Waals surface area (Å²) >= 11 is 1.41. The lowest BCUT2D eigenvalue weighted by atomic mass is 10.0. The van der Waals surface area contributed by atoms with E-state index in [4.69, 9.17) is 0 Å². The van der Waals surface area contributed by atoms with Crippen LogP contribution in [0, 0.1) is 0 Å². The van der Waals surface area contributed by atoms with Gasteiger partial charge in [-0.2, -0.15) is 0 Å². The largest absolute Gasteiger partial charge is 0.326 e. The van der Waals surface area contributed by atoms with Gasteiger partial charge in [0.05, 0.1) is 18.3 Å². The van der Waals surface area contributed by atoms with Gasteiger partial charge in [-0.25, -0.2) is 4.98 Å². The van der Waals surface area contributed by atoms with Crippen molar-refractivity contribution in [1.29, 1.82) is 0 Å². The average molecular weight is 454 g/mol. The summed E-state index contributed by atoms with van der Waals surface area (Å²) in [7, 11) is 0. The number of anilines is 1. The zero-order chi connectivity index (χ0) is 22.9. The second-order valence-corrected chi connectivity index (χ2v) is 8.61. The number of aromatic nitrogens is 2. The molecule has 6 nitrogen and oxygen atoms in total. The van der Waals surface area contributed by atoms with Crippen LogP contribution in [0.2, 0.25) is 0 Å². The number of ketones is 1. The van der Waals surface area contributed by atoms with E-state index in [-0.39, 0.29) is 23.8 Å². The van der Waals surface area contributed by atoms with E-state index >= 15 is 0 Å². The Morgan fingerprint density at radius 2 is 1.76 bits per heavy atom. The highest BCUT2D eigenvalue weighted by Gasteiger charge is 2.16. The molecule has 0 spiro atoms. The van der Waals surface area contributed by atoms with Crippen LogP contribution in [-0.4, -0.2) is 21.2 Å². The number of hydrogen-bond donors (Lipinski definition) is 1. The Balaban J connectivity index is 1.48. The van der Waals surface area contributed by atoms with Gasteiger partial charge < -0.3 is 5.32 Å². The van der Waals surface area contributed by atoms with Gasteiger partial charge in [0, 0.05) is 29.1 Å². The standard InChI is InChI=1S/C26H19N3O3S/c1-16(30)28-21-10-8-18(9-11-21)23(31)13-29-15-27-25-24(26(29)32)22(14-33-25)20-7-6-17-4-2-3-5-19(17)12-20/h2-12,14-15H,13H2,1H3,(H,28,30). The molecule has 0 fully saturated rings. The molecule has 1 N–H and O–H groups in total. The number of rotatable bonds is 5. The molecule has 0 bridgehead atoms. The number of carbonyl (C=O) groups excluding carboxylic acids is 2. The Morgan fingerprint density at radius 1 is 1.00 bits per heavy atom. The molecule has 0 aliphatic rings. The number of thiophene rings is 1. The van der Waals surface area contributed by atoms with Crippen LogP contribution >= 0.6 is 11.3 Å². The van der Waals surface area contributed by atoms with Crippen LogP contribution < -0.4 is 10.9 Å². The van der Waals surface area contributed by atoms with E-state index in [9.17, 15) is 14.4 Å². The molecular weight excluding hydrogens is 434 g/mol. The van der Waals surface area contributed by atoms with E-state index in [0.29, 0.717) is 21.5 Å². The van der Waals surface area contributed by atoms with Crippen LogP contribution in [0.25, 0.3) is 32.1 Å². The number of nitrogens with zero attached hydrogens (tertiary/aromatic N) is 2. The van der Waals surface area contributed by atoms with Crippen LogP contribution in [-0.2, 0) is 11.3 Å². The third kappa shape index (κ3) is 4.06. The van der Waals surface area contributed by atoms with Crippen LogP contribution in [0.15, 0.2) is 83.2 Å². The molecule has 1 amide bonds. The third-order valence-electron chi connectivity index (χ3n) is 5.46. The van der Waals surface area contributed by atoms with E-state index in [0.717, 1.165) is 21.9 Å². The van der Waals surface area contributed by atoms with Crippen LogP contribution in [0.5, 0.6) is 0 Å². The molecule has 0 atom stereocenters. The Bertz CT molecular complexity index is 1580. The van der Waals surface area contributed by atoms with Crippen LogP contribution in [0.4, 0.5) is 5.69 Å². The van der Waals surface area contributed by atoms with Gasteiger partial charge in [0.2, 0.25) is 5.91 Å². The predicted octanol–water partition coefficient (Wildman–Crippen LogP) is 5.12. The predicted molar refractivity (Wildman–Crippen MR) is 132 cm³/mol. The Morgan fingerprint density at radius 3 is 2.52 bits per heavy atom. The van der Waals surface area contributed by atoms with E-state index in [2.05, 4.69) is 16.4 Å². The van der Waals surface area contributed by atoms with Crippen molar-refractivity contribution >= 4 is 49.7 Å². The molecule has 162 valence electrons. The zero-order valence-electron chi connectivity index (χ0n) is 17.7. The summed E-state index contributed by atoms with van der Waals surface area (Å²) in [5.41, 5.74) is 2.58. The molecule has 0 aliphatic heterocycles. The maximum Gasteiger partial charge on any atom is 0.263 e. The van der Waals surface area contributed by atoms with Crippen molar-refractivity contribution < 1.29 is 9.59 Å². The Labute approximate surface area is 193 Å². The van der Waals surface area contributed by atoms with Crippen molar-refractivity contribution in [2.45, 2.75) is 13.5 Å². The SMILES string of the molecule is CC(=O)Nc1ccc(C(=O)Cn2cnc3scc(-c4ccc5ccccc5c4)c3c2=O)cc1. The first-order valence-electron chi connectivity index (χ1n) is 10.4. The number of carbonyl (C=O) groups is 2. The van der Waals surface area contributed by atoms with Crippen molar-refractivity contribution in [2.75, 3.05) is 5.32 Å². The molecule has 2 heterocycles. The second kappa shape index (κ2) is 8.44. The summed E-state index contributed by atoms with van der Waals surface area (Å²) in [6.45, 7) is 1.31. The molecule has 0 saturated carbocycles. The minimum Gasteiger partial charge on any atom is -0.326 e. The van der Waals surface area contributed by atoms with Gasteiger partial charge in [-0.3, -0.25) is 19.0 Å². The minimum atomic E-state index is -0.243. The topological polar surface area (TPSA) is 81.1 Å². The van der Waals surface area contributed by atoms with Crippen molar-refractivity contribution in [3.8, 4) is 11.1 Å². The highest BCUT2D eigenvalue weighted by molar-refractivity contribution is 7.17. The smallest absolute Gasteiger partial charge is 0.263 e. The quantitative estimate of drug-likeness (QED) is 0.375. The highest BCUT2D eigenvalue weighted by atomic mass is 32.1. The van der Waals surface area contributed by atoms with Crippen LogP contribution in [0.3, 0.4) is 0 Å². The first-order valence-corrected chi connectivity index (χ1v) is 11.2. The third-order valence-corrected chi connectivity index (χ3v) is 6.35. The molecule has 0 radical (unpaired) electrons. The Kier molecular flexibility index (Phi) is 5.32. The van der Waals surface area contributed by atoms with Gasteiger partial charge in [0.1, 0.15) is 4.83 Å². The van der Waals surface area contributed by atoms with Crippen molar-refractivity contribution in [2.24, 2.45) is 0 Å². The number of amides is 1. The second-order valence-electron chi connectivity index (χ2n) is 7.75. The maximum absolute atomic E-state index is 13.3. The molecule has 7 heteroatoms. The van der Waals surface area contributed by atoms with Gasteiger partial charge >= 0.3 is 0 Å². The molecule has 3 aromatic carbocycles. The lowest BCUT2D eigenvalue weighted by Crippen LogP contribution is -2.24. The first-order chi connectivity index (χ1) is 16.0. The molecule has 5 rings (SSSR count). The number of hydrogen-bond acceptors (Lipinski definition) is 5. The molecule has 5 aromatic rings. The lowest BCUT2D eigenvalue weighted by Gasteiger charge is -2.07. The summed E-state index contributed by atoms with van der Waals surface area (Å²) in [6, 6.07) is 20.8. The van der Waals surface area contributed by atoms with Crippen molar-refractivity contribution in [3.05, 3.63) is 94.4 Å². The summed E-state index contributed by atoms with van der Waals surface area (Å²) < 4.78 is 1.35. The minimum absolute atomic E-state index is 0.117. The summed E-state index contributed by atoms with van der Waals surface area (Å²) in [4.78, 5) is 42.4. The number of fused-ring (bicyclic) bond motifs is 2. The summed E-state index contributed by atoms with van der Waals surface area (Å²) in [6.07, 6.45) is 1.43. The zero-order valence-corrected chi connectivity index (χ0v) is 18.6. The number of nitrogens with one attached hydrogen (secondary N) is 1. The maximum atomic E-state index is 13.3. The average Bonchev–Trinajstić information content (AvgIpc) is 3.25. The van der Waals surface area contributed by atoms with Gasteiger partial charge in [0.25, 0.3) is 5.56 Å². The molecule has 0 aliphatic carbocycles. The van der Waals surface area contributed by atoms with E-state index in [1.54, 1.807) is 24.3 Å². The van der Waals surface area contributed by atoms with Crippen molar-refractivity contribution in [3.63, 3.8) is 0 Å². The van der Waals surface area contributed by atoms with Gasteiger partial charge in [0.15, 0.2) is 5.78 Å². The highest BCUT2D eigenvalue weighted by Crippen LogP contribution is 2.32. The molecule has 33 heavy (non-hydrogen) atoms. The fourth-order valence-corrected chi connectivity index (χ4v) is 4.74. The van der Waals surface area contributed by atoms with E-state index in [1.165, 1.54) is 29.2 Å². The summed E-state index contributed by atoms with van der Waals surface area (Å²) in [5, 5.41) is 7.35. The first kappa shape index (κ1) is 20.8. The fourth-order valence-electron chi connectivity index (χ4n) is 3.84. The van der Waals surface area contributed by atoms with Gasteiger partial charge in [-0.1, -0.05) is 36.4 Å². The summed E-state index contributed by atoms with van der Waals surface area (Å²) in [5.74, 6) is -0.395. The van der Waals surface area contributed by atoms with E-state index < -0.39 is 0 Å². The van der Waals surface area contributed by atoms with Gasteiger partial charge in [-0.05, 0) is 46.7 Å². The monoisotopic (exact) mass is 453 g/mol. The van der Waals surface area contributed by atoms with Crippen molar-refractivity contribution in [1.82, 2.24) is 9.55 Å². The lowest BCUT2D eigenvalue weighted by molar-refractivity contribution is -0.114. The van der Waals surface area contributed by atoms with Crippen LogP contribution in [0.1, 0.15) is 17.3 Å².